The number of aryl methyl sites for hydroxylation is 1. The number of rotatable bonds is 5. The Kier molecular flexibility index (Phi) is 5.65. The van der Waals surface area contributed by atoms with Crippen molar-refractivity contribution in [3.05, 3.63) is 45.7 Å². The normalized spacial score (nSPS) is 15.4. The van der Waals surface area contributed by atoms with Crippen molar-refractivity contribution in [3.63, 3.8) is 0 Å². The van der Waals surface area contributed by atoms with Crippen LogP contribution in [0, 0.1) is 12.7 Å². The van der Waals surface area contributed by atoms with E-state index in [0.717, 1.165) is 36.6 Å². The van der Waals surface area contributed by atoms with Gasteiger partial charge in [-0.25, -0.2) is 9.37 Å². The maximum atomic E-state index is 12.9. The van der Waals surface area contributed by atoms with Gasteiger partial charge in [-0.1, -0.05) is 0 Å². The van der Waals surface area contributed by atoms with Crippen LogP contribution in [0.3, 0.4) is 0 Å². The zero-order valence-corrected chi connectivity index (χ0v) is 15.2. The second-order valence-electron chi connectivity index (χ2n) is 6.12. The third-order valence-electron chi connectivity index (χ3n) is 4.40. The first-order chi connectivity index (χ1) is 12.1. The summed E-state index contributed by atoms with van der Waals surface area (Å²) < 4.78 is 18.5. The summed E-state index contributed by atoms with van der Waals surface area (Å²) in [5.74, 6) is 0.334. The number of likely N-dealkylation sites (tertiary alicyclic amines) is 1. The standard InChI is InChI=1S/C18H22FN3O2S/c1-12-17(18(23)22-9-7-14(20-2)8-10-22)25-16(21-12)11-24-15-5-3-13(19)4-6-15/h3-6,14,20H,7-11H2,1-2H3. The number of benzene rings is 1. The fourth-order valence-electron chi connectivity index (χ4n) is 2.90. The van der Waals surface area contributed by atoms with E-state index in [9.17, 15) is 9.18 Å². The Morgan fingerprint density at radius 2 is 2.04 bits per heavy atom. The minimum atomic E-state index is -0.299. The van der Waals surface area contributed by atoms with Gasteiger partial charge in [0.05, 0.1) is 5.69 Å². The molecule has 0 atom stereocenters. The number of thiazole rings is 1. The molecule has 7 heteroatoms. The predicted octanol–water partition coefficient (Wildman–Crippen LogP) is 2.99. The number of nitrogens with one attached hydrogen (secondary N) is 1. The molecule has 0 spiro atoms. The Morgan fingerprint density at radius 3 is 2.68 bits per heavy atom. The van der Waals surface area contributed by atoms with Crippen LogP contribution in [0.1, 0.15) is 33.2 Å². The molecule has 0 bridgehead atoms. The lowest BCUT2D eigenvalue weighted by molar-refractivity contribution is 0.0711. The highest BCUT2D eigenvalue weighted by Crippen LogP contribution is 2.23. The largest absolute Gasteiger partial charge is 0.486 e. The molecule has 1 saturated heterocycles. The number of carbonyl (C=O) groups is 1. The van der Waals surface area contributed by atoms with Gasteiger partial charge in [0.1, 0.15) is 28.1 Å². The molecule has 3 rings (SSSR count). The molecule has 1 aliphatic rings. The van der Waals surface area contributed by atoms with Gasteiger partial charge in [-0.15, -0.1) is 11.3 Å². The first kappa shape index (κ1) is 17.8. The monoisotopic (exact) mass is 363 g/mol. The van der Waals surface area contributed by atoms with Gasteiger partial charge in [-0.05, 0) is 51.1 Å². The third kappa shape index (κ3) is 4.35. The van der Waals surface area contributed by atoms with E-state index in [1.165, 1.54) is 23.5 Å². The number of carbonyl (C=O) groups excluding carboxylic acids is 1. The van der Waals surface area contributed by atoms with Gasteiger partial charge in [0, 0.05) is 19.1 Å². The number of piperidine rings is 1. The zero-order valence-electron chi connectivity index (χ0n) is 14.4. The molecular weight excluding hydrogens is 341 g/mol. The fraction of sp³-hybridized carbons (Fsp3) is 0.444. The highest BCUT2D eigenvalue weighted by molar-refractivity contribution is 7.13. The lowest BCUT2D eigenvalue weighted by Gasteiger charge is -2.31. The smallest absolute Gasteiger partial charge is 0.265 e. The molecule has 0 saturated carbocycles. The average molecular weight is 363 g/mol. The van der Waals surface area contributed by atoms with Gasteiger partial charge >= 0.3 is 0 Å². The van der Waals surface area contributed by atoms with Crippen LogP contribution < -0.4 is 10.1 Å². The Balaban J connectivity index is 1.61. The lowest BCUT2D eigenvalue weighted by Crippen LogP contribution is -2.43. The Bertz CT molecular complexity index is 724. The molecule has 0 radical (unpaired) electrons. The maximum Gasteiger partial charge on any atom is 0.265 e. The molecule has 2 heterocycles. The molecule has 1 N–H and O–H groups in total. The molecule has 5 nitrogen and oxygen atoms in total. The summed E-state index contributed by atoms with van der Waals surface area (Å²) in [5.41, 5.74) is 0.739. The number of aromatic nitrogens is 1. The van der Waals surface area contributed by atoms with E-state index in [1.54, 1.807) is 12.1 Å². The summed E-state index contributed by atoms with van der Waals surface area (Å²) in [6, 6.07) is 6.35. The van der Waals surface area contributed by atoms with Crippen molar-refractivity contribution >= 4 is 17.2 Å². The first-order valence-corrected chi connectivity index (χ1v) is 9.19. The van der Waals surface area contributed by atoms with E-state index < -0.39 is 0 Å². The van der Waals surface area contributed by atoms with Crippen LogP contribution in [-0.4, -0.2) is 42.0 Å². The summed E-state index contributed by atoms with van der Waals surface area (Å²) in [6.45, 7) is 3.66. The lowest BCUT2D eigenvalue weighted by atomic mass is 10.1. The van der Waals surface area contributed by atoms with E-state index in [1.807, 2.05) is 18.9 Å². The minimum Gasteiger partial charge on any atom is -0.486 e. The number of hydrogen-bond acceptors (Lipinski definition) is 5. The van der Waals surface area contributed by atoms with Crippen molar-refractivity contribution in [2.24, 2.45) is 0 Å². The molecular formula is C18H22FN3O2S. The predicted molar refractivity (Wildman–Crippen MR) is 95.6 cm³/mol. The SMILES string of the molecule is CNC1CCN(C(=O)c2sc(COc3ccc(F)cc3)nc2C)CC1. The molecule has 2 aromatic rings. The Labute approximate surface area is 150 Å². The van der Waals surface area contributed by atoms with E-state index in [2.05, 4.69) is 10.3 Å². The molecule has 0 aliphatic carbocycles. The summed E-state index contributed by atoms with van der Waals surface area (Å²) in [5, 5.41) is 4.01. The van der Waals surface area contributed by atoms with Gasteiger partial charge in [0.25, 0.3) is 5.91 Å². The molecule has 25 heavy (non-hydrogen) atoms. The Hall–Kier alpha value is -1.99. The topological polar surface area (TPSA) is 54.5 Å². The van der Waals surface area contributed by atoms with Crippen molar-refractivity contribution in [2.45, 2.75) is 32.4 Å². The average Bonchev–Trinajstić information content (AvgIpc) is 3.01. The second kappa shape index (κ2) is 7.93. The summed E-state index contributed by atoms with van der Waals surface area (Å²) in [6.07, 6.45) is 1.95. The Morgan fingerprint density at radius 1 is 1.36 bits per heavy atom. The van der Waals surface area contributed by atoms with E-state index in [0.29, 0.717) is 16.7 Å². The molecule has 1 amide bonds. The van der Waals surface area contributed by atoms with Crippen molar-refractivity contribution in [3.8, 4) is 5.75 Å². The molecule has 134 valence electrons. The minimum absolute atomic E-state index is 0.0533. The van der Waals surface area contributed by atoms with Crippen LogP contribution in [0.25, 0.3) is 0 Å². The van der Waals surface area contributed by atoms with Crippen molar-refractivity contribution in [2.75, 3.05) is 20.1 Å². The van der Waals surface area contributed by atoms with Crippen LogP contribution in [0.15, 0.2) is 24.3 Å². The first-order valence-electron chi connectivity index (χ1n) is 8.38. The quantitative estimate of drug-likeness (QED) is 0.887. The van der Waals surface area contributed by atoms with Crippen LogP contribution in [-0.2, 0) is 6.61 Å². The van der Waals surface area contributed by atoms with Gasteiger partial charge < -0.3 is 15.0 Å². The maximum absolute atomic E-state index is 12.9. The number of halogens is 1. The summed E-state index contributed by atoms with van der Waals surface area (Å²) >= 11 is 1.37. The number of nitrogens with zero attached hydrogens (tertiary/aromatic N) is 2. The van der Waals surface area contributed by atoms with Crippen LogP contribution in [0.4, 0.5) is 4.39 Å². The summed E-state index contributed by atoms with van der Waals surface area (Å²) in [4.78, 5) is 19.8. The van der Waals surface area contributed by atoms with Crippen molar-refractivity contribution < 1.29 is 13.9 Å². The van der Waals surface area contributed by atoms with Crippen LogP contribution >= 0.6 is 11.3 Å². The van der Waals surface area contributed by atoms with E-state index in [-0.39, 0.29) is 18.3 Å². The molecule has 0 unspecified atom stereocenters. The fourth-order valence-corrected chi connectivity index (χ4v) is 3.85. The van der Waals surface area contributed by atoms with E-state index in [4.69, 9.17) is 4.74 Å². The number of hydrogen-bond donors (Lipinski definition) is 1. The van der Waals surface area contributed by atoms with Crippen LogP contribution in [0.5, 0.6) is 5.75 Å². The number of ether oxygens (including phenoxy) is 1. The van der Waals surface area contributed by atoms with Crippen LogP contribution in [0.2, 0.25) is 0 Å². The molecule has 1 aromatic carbocycles. The van der Waals surface area contributed by atoms with Gasteiger partial charge in [-0.3, -0.25) is 4.79 Å². The van der Waals surface area contributed by atoms with E-state index >= 15 is 0 Å². The summed E-state index contributed by atoms with van der Waals surface area (Å²) in [7, 11) is 1.96. The van der Waals surface area contributed by atoms with Crippen molar-refractivity contribution in [1.82, 2.24) is 15.2 Å². The van der Waals surface area contributed by atoms with Gasteiger partial charge in [-0.2, -0.15) is 0 Å². The second-order valence-corrected chi connectivity index (χ2v) is 7.20. The molecule has 1 fully saturated rings. The molecule has 1 aliphatic heterocycles. The zero-order chi connectivity index (χ0) is 17.8. The highest BCUT2D eigenvalue weighted by atomic mass is 32.1. The van der Waals surface area contributed by atoms with Gasteiger partial charge in [0.2, 0.25) is 0 Å². The van der Waals surface area contributed by atoms with Gasteiger partial charge in [0.15, 0.2) is 0 Å². The highest BCUT2D eigenvalue weighted by Gasteiger charge is 2.25. The third-order valence-corrected chi connectivity index (χ3v) is 5.52. The van der Waals surface area contributed by atoms with Crippen molar-refractivity contribution in [1.29, 1.82) is 0 Å². The number of amides is 1. The molecule has 1 aromatic heterocycles.